The Hall–Kier alpha value is -1.41. The quantitative estimate of drug-likeness (QED) is 0.384. The van der Waals surface area contributed by atoms with Crippen molar-refractivity contribution in [3.8, 4) is 0 Å². The molecule has 1 N–H and O–H groups in total. The summed E-state index contributed by atoms with van der Waals surface area (Å²) in [6.45, 7) is 4.27. The van der Waals surface area contributed by atoms with Crippen molar-refractivity contribution in [2.75, 3.05) is 19.0 Å². The molecule has 0 spiro atoms. The summed E-state index contributed by atoms with van der Waals surface area (Å²) in [5.41, 5.74) is 0. The highest BCUT2D eigenvalue weighted by Gasteiger charge is 2.20. The Kier molecular flexibility index (Phi) is 5.68. The van der Waals surface area contributed by atoms with E-state index in [0.29, 0.717) is 4.90 Å². The van der Waals surface area contributed by atoms with Crippen LogP contribution in [-0.4, -0.2) is 48.8 Å². The SMILES string of the molecule is C=CC(=O)N(CC(=O)OCC)CS(=O)(=O)O. The van der Waals surface area contributed by atoms with E-state index in [9.17, 15) is 18.0 Å². The summed E-state index contributed by atoms with van der Waals surface area (Å²) >= 11 is 0. The van der Waals surface area contributed by atoms with E-state index in [2.05, 4.69) is 11.3 Å². The molecule has 0 aromatic carbocycles. The van der Waals surface area contributed by atoms with E-state index in [1.54, 1.807) is 6.92 Å². The first-order chi connectivity index (χ1) is 7.30. The molecule has 0 saturated carbocycles. The minimum absolute atomic E-state index is 0.112. The lowest BCUT2D eigenvalue weighted by Crippen LogP contribution is -2.38. The van der Waals surface area contributed by atoms with Crippen LogP contribution >= 0.6 is 0 Å². The topological polar surface area (TPSA) is 101 Å². The normalized spacial score (nSPS) is 10.6. The largest absolute Gasteiger partial charge is 0.465 e. The summed E-state index contributed by atoms with van der Waals surface area (Å²) in [4.78, 5) is 22.8. The Bertz CT molecular complexity index is 374. The van der Waals surface area contributed by atoms with Crippen molar-refractivity contribution in [1.29, 1.82) is 0 Å². The number of nitrogens with zero attached hydrogens (tertiary/aromatic N) is 1. The predicted molar refractivity (Wildman–Crippen MR) is 55.0 cm³/mol. The molecule has 0 atom stereocenters. The maximum atomic E-state index is 11.2. The molecule has 0 aliphatic rings. The average molecular weight is 251 g/mol. The first kappa shape index (κ1) is 14.6. The van der Waals surface area contributed by atoms with Crippen molar-refractivity contribution in [3.05, 3.63) is 12.7 Å². The van der Waals surface area contributed by atoms with E-state index in [4.69, 9.17) is 4.55 Å². The molecule has 0 radical (unpaired) electrons. The van der Waals surface area contributed by atoms with E-state index in [1.807, 2.05) is 0 Å². The Morgan fingerprint density at radius 1 is 1.50 bits per heavy atom. The van der Waals surface area contributed by atoms with Crippen LogP contribution in [0.5, 0.6) is 0 Å². The minimum atomic E-state index is -4.39. The predicted octanol–water partition coefficient (Wildman–Crippen LogP) is -0.591. The van der Waals surface area contributed by atoms with Crippen LogP contribution in [0.15, 0.2) is 12.7 Å². The highest BCUT2D eigenvalue weighted by Crippen LogP contribution is 1.97. The zero-order chi connectivity index (χ0) is 12.8. The van der Waals surface area contributed by atoms with Crippen LogP contribution in [0.4, 0.5) is 0 Å². The summed E-state index contributed by atoms with van der Waals surface area (Å²) in [5.74, 6) is -2.52. The Labute approximate surface area is 93.4 Å². The zero-order valence-corrected chi connectivity index (χ0v) is 9.57. The van der Waals surface area contributed by atoms with Gasteiger partial charge < -0.3 is 9.64 Å². The van der Waals surface area contributed by atoms with Crippen molar-refractivity contribution in [1.82, 2.24) is 4.90 Å². The van der Waals surface area contributed by atoms with Crippen LogP contribution in [0.1, 0.15) is 6.92 Å². The fraction of sp³-hybridized carbons (Fsp3) is 0.500. The molecule has 0 heterocycles. The van der Waals surface area contributed by atoms with E-state index in [0.717, 1.165) is 6.08 Å². The van der Waals surface area contributed by atoms with Gasteiger partial charge in [-0.1, -0.05) is 6.58 Å². The number of hydrogen-bond donors (Lipinski definition) is 1. The molecule has 0 unspecified atom stereocenters. The number of hydrogen-bond acceptors (Lipinski definition) is 5. The van der Waals surface area contributed by atoms with Crippen LogP contribution in [0.3, 0.4) is 0 Å². The number of rotatable bonds is 6. The van der Waals surface area contributed by atoms with Gasteiger partial charge >= 0.3 is 5.97 Å². The fourth-order valence-corrected chi connectivity index (χ4v) is 1.49. The summed E-state index contributed by atoms with van der Waals surface area (Å²) < 4.78 is 34.3. The van der Waals surface area contributed by atoms with Crippen molar-refractivity contribution >= 4 is 22.0 Å². The smallest absolute Gasteiger partial charge is 0.325 e. The van der Waals surface area contributed by atoms with Gasteiger partial charge in [0.1, 0.15) is 12.4 Å². The molecule has 0 aliphatic carbocycles. The first-order valence-electron chi connectivity index (χ1n) is 4.32. The van der Waals surface area contributed by atoms with Gasteiger partial charge in [0.25, 0.3) is 10.1 Å². The maximum absolute atomic E-state index is 11.2. The highest BCUT2D eigenvalue weighted by molar-refractivity contribution is 7.85. The van der Waals surface area contributed by atoms with E-state index >= 15 is 0 Å². The van der Waals surface area contributed by atoms with Gasteiger partial charge in [-0.15, -0.1) is 0 Å². The van der Waals surface area contributed by atoms with Gasteiger partial charge in [0.05, 0.1) is 6.61 Å². The molecule has 92 valence electrons. The molecular formula is C8H13NO6S. The second kappa shape index (κ2) is 6.23. The molecule has 0 rings (SSSR count). The monoisotopic (exact) mass is 251 g/mol. The van der Waals surface area contributed by atoms with Gasteiger partial charge in [-0.2, -0.15) is 8.42 Å². The lowest BCUT2D eigenvalue weighted by atomic mass is 10.5. The Morgan fingerprint density at radius 3 is 2.44 bits per heavy atom. The van der Waals surface area contributed by atoms with Gasteiger partial charge in [-0.05, 0) is 13.0 Å². The molecule has 0 bridgehead atoms. The van der Waals surface area contributed by atoms with Crippen molar-refractivity contribution < 1.29 is 27.3 Å². The van der Waals surface area contributed by atoms with Crippen LogP contribution in [0, 0.1) is 0 Å². The fourth-order valence-electron chi connectivity index (χ4n) is 0.876. The van der Waals surface area contributed by atoms with Crippen LogP contribution in [0.25, 0.3) is 0 Å². The van der Waals surface area contributed by atoms with Crippen LogP contribution in [-0.2, 0) is 24.4 Å². The van der Waals surface area contributed by atoms with Gasteiger partial charge in [0.15, 0.2) is 0 Å². The third-order valence-electron chi connectivity index (χ3n) is 1.43. The van der Waals surface area contributed by atoms with E-state index < -0.39 is 34.4 Å². The second-order valence-electron chi connectivity index (χ2n) is 2.76. The molecule has 0 aliphatic heterocycles. The molecule has 0 saturated heterocycles. The first-order valence-corrected chi connectivity index (χ1v) is 5.93. The van der Waals surface area contributed by atoms with Gasteiger partial charge in [0, 0.05) is 0 Å². The summed E-state index contributed by atoms with van der Waals surface area (Å²) in [6.07, 6.45) is 0.838. The van der Waals surface area contributed by atoms with Crippen LogP contribution in [0.2, 0.25) is 0 Å². The summed E-state index contributed by atoms with van der Waals surface area (Å²) in [7, 11) is -4.39. The third-order valence-corrected chi connectivity index (χ3v) is 2.07. The number of esters is 1. The van der Waals surface area contributed by atoms with Crippen molar-refractivity contribution in [3.63, 3.8) is 0 Å². The number of ether oxygens (including phenoxy) is 1. The van der Waals surface area contributed by atoms with Crippen molar-refractivity contribution in [2.45, 2.75) is 6.92 Å². The number of carbonyl (C=O) groups excluding carboxylic acids is 2. The summed E-state index contributed by atoms with van der Waals surface area (Å²) in [5, 5.41) is 0. The number of carbonyl (C=O) groups is 2. The maximum Gasteiger partial charge on any atom is 0.325 e. The van der Waals surface area contributed by atoms with Crippen molar-refractivity contribution in [2.24, 2.45) is 0 Å². The minimum Gasteiger partial charge on any atom is -0.465 e. The molecular weight excluding hydrogens is 238 g/mol. The molecule has 8 heteroatoms. The van der Waals surface area contributed by atoms with Gasteiger partial charge in [0.2, 0.25) is 5.91 Å². The lowest BCUT2D eigenvalue weighted by molar-refractivity contribution is -0.147. The molecule has 16 heavy (non-hydrogen) atoms. The van der Waals surface area contributed by atoms with Crippen LogP contribution < -0.4 is 0 Å². The Morgan fingerprint density at radius 2 is 2.06 bits per heavy atom. The summed E-state index contributed by atoms with van der Waals surface area (Å²) in [6, 6.07) is 0. The third kappa shape index (κ3) is 6.14. The molecule has 1 amide bonds. The standard InChI is InChI=1S/C8H13NO6S/c1-3-7(10)9(6-16(12,13)14)5-8(11)15-4-2/h3H,1,4-6H2,2H3,(H,12,13,14). The molecule has 0 aromatic heterocycles. The van der Waals surface area contributed by atoms with Gasteiger partial charge in [-0.25, -0.2) is 0 Å². The van der Waals surface area contributed by atoms with E-state index in [-0.39, 0.29) is 6.61 Å². The van der Waals surface area contributed by atoms with E-state index in [1.165, 1.54) is 0 Å². The molecule has 7 nitrogen and oxygen atoms in total. The van der Waals surface area contributed by atoms with Gasteiger partial charge in [-0.3, -0.25) is 14.1 Å². The highest BCUT2D eigenvalue weighted by atomic mass is 32.2. The Balaban J connectivity index is 4.63. The number of amides is 1. The second-order valence-corrected chi connectivity index (χ2v) is 4.18. The molecule has 0 fully saturated rings. The molecule has 0 aromatic rings. The average Bonchev–Trinajstić information content (AvgIpc) is 2.13. The zero-order valence-electron chi connectivity index (χ0n) is 8.75. The lowest BCUT2D eigenvalue weighted by Gasteiger charge is -2.17.